The molecule has 1 amide bonds. The Bertz CT molecular complexity index is 618. The normalized spacial score (nSPS) is 10.2. The maximum Gasteiger partial charge on any atom is 0.224 e. The molecule has 0 heterocycles. The summed E-state index contributed by atoms with van der Waals surface area (Å²) in [4.78, 5) is 12.0. The lowest BCUT2D eigenvalue weighted by Crippen LogP contribution is -2.24. The van der Waals surface area contributed by atoms with Crippen molar-refractivity contribution < 1.29 is 9.53 Å². The summed E-state index contributed by atoms with van der Waals surface area (Å²) in [6.45, 7) is 4.71. The maximum absolute atomic E-state index is 12.0. The van der Waals surface area contributed by atoms with Gasteiger partial charge in [-0.2, -0.15) is 0 Å². The van der Waals surface area contributed by atoms with E-state index in [1.165, 1.54) is 11.1 Å². The van der Waals surface area contributed by atoms with Crippen LogP contribution in [0.15, 0.2) is 42.5 Å². The van der Waals surface area contributed by atoms with Gasteiger partial charge in [-0.05, 0) is 42.7 Å². The summed E-state index contributed by atoms with van der Waals surface area (Å²) in [6, 6.07) is 13.8. The van der Waals surface area contributed by atoms with Crippen molar-refractivity contribution in [3.8, 4) is 5.75 Å². The van der Waals surface area contributed by atoms with E-state index < -0.39 is 0 Å². The zero-order chi connectivity index (χ0) is 15.2. The quantitative estimate of drug-likeness (QED) is 0.915. The third-order valence-corrected chi connectivity index (χ3v) is 3.50. The van der Waals surface area contributed by atoms with Crippen molar-refractivity contribution in [2.75, 3.05) is 7.11 Å². The van der Waals surface area contributed by atoms with E-state index in [1.54, 1.807) is 7.11 Å². The smallest absolute Gasteiger partial charge is 0.224 e. The second-order valence-corrected chi connectivity index (χ2v) is 5.23. The van der Waals surface area contributed by atoms with E-state index in [4.69, 9.17) is 4.74 Å². The number of carbonyl (C=O) groups excluding carboxylic acids is 1. The van der Waals surface area contributed by atoms with Crippen LogP contribution in [0.5, 0.6) is 5.75 Å². The first kappa shape index (κ1) is 15.1. The van der Waals surface area contributed by atoms with Crippen LogP contribution < -0.4 is 10.1 Å². The van der Waals surface area contributed by atoms with Crippen molar-refractivity contribution >= 4 is 5.91 Å². The topological polar surface area (TPSA) is 38.3 Å². The van der Waals surface area contributed by atoms with Crippen LogP contribution in [-0.2, 0) is 17.8 Å². The monoisotopic (exact) mass is 283 g/mol. The van der Waals surface area contributed by atoms with Crippen LogP contribution in [0.3, 0.4) is 0 Å². The number of hydrogen-bond donors (Lipinski definition) is 1. The molecule has 1 N–H and O–H groups in total. The molecule has 2 aromatic rings. The maximum atomic E-state index is 12.0. The molecule has 0 aromatic heterocycles. The zero-order valence-electron chi connectivity index (χ0n) is 12.8. The summed E-state index contributed by atoms with van der Waals surface area (Å²) in [6.07, 6.45) is 0.384. The predicted molar refractivity (Wildman–Crippen MR) is 84.5 cm³/mol. The first-order chi connectivity index (χ1) is 10.1. The van der Waals surface area contributed by atoms with Gasteiger partial charge in [-0.25, -0.2) is 0 Å². The summed E-state index contributed by atoms with van der Waals surface area (Å²) in [5.41, 5.74) is 4.58. The van der Waals surface area contributed by atoms with Gasteiger partial charge < -0.3 is 10.1 Å². The first-order valence-corrected chi connectivity index (χ1v) is 7.04. The summed E-state index contributed by atoms with van der Waals surface area (Å²) >= 11 is 0. The SMILES string of the molecule is COc1ccc(CC(=O)NCc2ccc(C)cc2C)cc1. The lowest BCUT2D eigenvalue weighted by molar-refractivity contribution is -0.120. The molecule has 0 bridgehead atoms. The van der Waals surface area contributed by atoms with Gasteiger partial charge in [0.15, 0.2) is 0 Å². The number of amides is 1. The van der Waals surface area contributed by atoms with Crippen molar-refractivity contribution in [1.82, 2.24) is 5.32 Å². The number of methoxy groups -OCH3 is 1. The standard InChI is InChI=1S/C18H21NO2/c1-13-4-7-16(14(2)10-13)12-19-18(20)11-15-5-8-17(21-3)9-6-15/h4-10H,11-12H2,1-3H3,(H,19,20). The Morgan fingerprint density at radius 3 is 2.43 bits per heavy atom. The molecule has 0 unspecified atom stereocenters. The van der Waals surface area contributed by atoms with Crippen LogP contribution in [0, 0.1) is 13.8 Å². The lowest BCUT2D eigenvalue weighted by atomic mass is 10.1. The van der Waals surface area contributed by atoms with Crippen molar-refractivity contribution in [1.29, 1.82) is 0 Å². The Labute approximate surface area is 126 Å². The fourth-order valence-corrected chi connectivity index (χ4v) is 2.23. The summed E-state index contributed by atoms with van der Waals surface area (Å²) in [5.74, 6) is 0.828. The van der Waals surface area contributed by atoms with E-state index in [2.05, 4.69) is 37.4 Å². The molecule has 0 fully saturated rings. The highest BCUT2D eigenvalue weighted by atomic mass is 16.5. The van der Waals surface area contributed by atoms with Gasteiger partial charge in [0.25, 0.3) is 0 Å². The lowest BCUT2D eigenvalue weighted by Gasteiger charge is -2.09. The number of hydrogen-bond acceptors (Lipinski definition) is 2. The molecule has 3 nitrogen and oxygen atoms in total. The number of ether oxygens (including phenoxy) is 1. The van der Waals surface area contributed by atoms with Gasteiger partial charge in [0.1, 0.15) is 5.75 Å². The van der Waals surface area contributed by atoms with Crippen LogP contribution in [-0.4, -0.2) is 13.0 Å². The van der Waals surface area contributed by atoms with Crippen molar-refractivity contribution in [3.05, 3.63) is 64.7 Å². The highest BCUT2D eigenvalue weighted by Gasteiger charge is 2.05. The number of rotatable bonds is 5. The third-order valence-electron chi connectivity index (χ3n) is 3.50. The van der Waals surface area contributed by atoms with E-state index in [1.807, 2.05) is 24.3 Å². The number of benzene rings is 2. The Morgan fingerprint density at radius 1 is 1.10 bits per heavy atom. The van der Waals surface area contributed by atoms with Gasteiger partial charge in [-0.15, -0.1) is 0 Å². The van der Waals surface area contributed by atoms with Crippen molar-refractivity contribution in [2.45, 2.75) is 26.8 Å². The average molecular weight is 283 g/mol. The molecule has 21 heavy (non-hydrogen) atoms. The molecule has 2 aromatic carbocycles. The Kier molecular flexibility index (Phi) is 4.99. The highest BCUT2D eigenvalue weighted by molar-refractivity contribution is 5.78. The second-order valence-electron chi connectivity index (χ2n) is 5.23. The molecule has 0 aliphatic heterocycles. The minimum atomic E-state index is 0.0279. The second kappa shape index (κ2) is 6.93. The van der Waals surface area contributed by atoms with Crippen LogP contribution >= 0.6 is 0 Å². The van der Waals surface area contributed by atoms with Gasteiger partial charge in [-0.1, -0.05) is 35.9 Å². The largest absolute Gasteiger partial charge is 0.497 e. The molecule has 0 aliphatic rings. The molecule has 0 saturated heterocycles. The van der Waals surface area contributed by atoms with Crippen LogP contribution in [0.4, 0.5) is 0 Å². The van der Waals surface area contributed by atoms with E-state index in [-0.39, 0.29) is 5.91 Å². The average Bonchev–Trinajstić information content (AvgIpc) is 2.47. The van der Waals surface area contributed by atoms with Gasteiger partial charge in [0.2, 0.25) is 5.91 Å². The molecule has 2 rings (SSSR count). The molecule has 3 heteroatoms. The van der Waals surface area contributed by atoms with Gasteiger partial charge >= 0.3 is 0 Å². The fraction of sp³-hybridized carbons (Fsp3) is 0.278. The summed E-state index contributed by atoms with van der Waals surface area (Å²) in [7, 11) is 1.63. The molecule has 110 valence electrons. The van der Waals surface area contributed by atoms with Gasteiger partial charge in [-0.3, -0.25) is 4.79 Å². The molecular formula is C18H21NO2. The molecule has 0 atom stereocenters. The first-order valence-electron chi connectivity index (χ1n) is 7.04. The van der Waals surface area contributed by atoms with Crippen LogP contribution in [0.25, 0.3) is 0 Å². The van der Waals surface area contributed by atoms with Gasteiger partial charge in [0.05, 0.1) is 13.5 Å². The fourth-order valence-electron chi connectivity index (χ4n) is 2.23. The number of aryl methyl sites for hydroxylation is 2. The molecule has 0 saturated carbocycles. The Balaban J connectivity index is 1.89. The number of carbonyl (C=O) groups is 1. The molecule has 0 spiro atoms. The van der Waals surface area contributed by atoms with Crippen molar-refractivity contribution in [2.24, 2.45) is 0 Å². The summed E-state index contributed by atoms with van der Waals surface area (Å²) in [5, 5.41) is 2.97. The number of nitrogens with one attached hydrogen (secondary N) is 1. The molecular weight excluding hydrogens is 262 g/mol. The van der Waals surface area contributed by atoms with Crippen molar-refractivity contribution in [3.63, 3.8) is 0 Å². The van der Waals surface area contributed by atoms with Crippen LogP contribution in [0.1, 0.15) is 22.3 Å². The van der Waals surface area contributed by atoms with E-state index in [0.717, 1.165) is 16.9 Å². The minimum absolute atomic E-state index is 0.0279. The highest BCUT2D eigenvalue weighted by Crippen LogP contribution is 2.12. The summed E-state index contributed by atoms with van der Waals surface area (Å²) < 4.78 is 5.10. The molecule has 0 aliphatic carbocycles. The molecule has 0 radical (unpaired) electrons. The zero-order valence-corrected chi connectivity index (χ0v) is 12.8. The van der Waals surface area contributed by atoms with E-state index in [9.17, 15) is 4.79 Å². The van der Waals surface area contributed by atoms with E-state index in [0.29, 0.717) is 13.0 Å². The Hall–Kier alpha value is -2.29. The van der Waals surface area contributed by atoms with E-state index >= 15 is 0 Å². The minimum Gasteiger partial charge on any atom is -0.497 e. The van der Waals surface area contributed by atoms with Crippen LogP contribution in [0.2, 0.25) is 0 Å². The third kappa shape index (κ3) is 4.35. The van der Waals surface area contributed by atoms with Gasteiger partial charge in [0, 0.05) is 6.54 Å². The Morgan fingerprint density at radius 2 is 1.81 bits per heavy atom. The predicted octanol–water partition coefficient (Wildman–Crippen LogP) is 3.17.